The molecule has 17 heavy (non-hydrogen) atoms. The van der Waals surface area contributed by atoms with E-state index in [9.17, 15) is 18.0 Å². The second kappa shape index (κ2) is 5.70. The first-order chi connectivity index (χ1) is 7.90. The van der Waals surface area contributed by atoms with Gasteiger partial charge in [-0.3, -0.25) is 4.79 Å². The Balaban J connectivity index is 2.45. The van der Waals surface area contributed by atoms with Crippen LogP contribution in [-0.2, 0) is 17.6 Å². The van der Waals surface area contributed by atoms with E-state index in [1.807, 2.05) is 24.4 Å². The average Bonchev–Trinajstić information content (AvgIpc) is 2.27. The third-order valence-corrected chi connectivity index (χ3v) is 2.28. The van der Waals surface area contributed by atoms with Crippen molar-refractivity contribution in [1.82, 2.24) is 5.32 Å². The van der Waals surface area contributed by atoms with Crippen LogP contribution in [0.2, 0.25) is 0 Å². The van der Waals surface area contributed by atoms with E-state index in [-0.39, 0.29) is 6.42 Å². The average molecular weight is 245 g/mol. The summed E-state index contributed by atoms with van der Waals surface area (Å²) in [6.45, 7) is 0.726. The van der Waals surface area contributed by atoms with Gasteiger partial charge in [0.25, 0.3) is 0 Å². The molecule has 5 heteroatoms. The third-order valence-electron chi connectivity index (χ3n) is 2.28. The molecule has 0 bridgehead atoms. The van der Waals surface area contributed by atoms with Gasteiger partial charge in [-0.15, -0.1) is 0 Å². The van der Waals surface area contributed by atoms with Crippen molar-refractivity contribution in [2.75, 3.05) is 6.54 Å². The number of carbonyl (C=O) groups excluding carboxylic acids is 1. The molecule has 0 aromatic heterocycles. The molecule has 0 atom stereocenters. The predicted octanol–water partition coefficient (Wildman–Crippen LogP) is 2.47. The smallest absolute Gasteiger partial charge is 0.347 e. The topological polar surface area (TPSA) is 29.1 Å². The summed E-state index contributed by atoms with van der Waals surface area (Å²) in [4.78, 5) is 11.2. The highest BCUT2D eigenvalue weighted by Crippen LogP contribution is 2.12. The maximum Gasteiger partial charge on any atom is 0.405 e. The van der Waals surface area contributed by atoms with E-state index in [1.54, 1.807) is 12.1 Å². The minimum absolute atomic E-state index is 0.0277. The number of benzene rings is 1. The molecule has 0 aliphatic heterocycles. The number of carbonyl (C=O) groups is 1. The molecule has 1 rings (SSSR count). The Kier molecular flexibility index (Phi) is 4.54. The Hall–Kier alpha value is -1.52. The molecule has 2 nitrogen and oxygen atoms in total. The summed E-state index contributed by atoms with van der Waals surface area (Å²) in [7, 11) is 0. The van der Waals surface area contributed by atoms with E-state index in [0.717, 1.165) is 12.0 Å². The Bertz CT molecular complexity index is 370. The zero-order valence-electron chi connectivity index (χ0n) is 9.47. The molecule has 0 saturated heterocycles. The normalized spacial score (nSPS) is 11.3. The highest BCUT2D eigenvalue weighted by atomic mass is 19.4. The molecule has 0 fully saturated rings. The summed E-state index contributed by atoms with van der Waals surface area (Å²) < 4.78 is 35.5. The number of halogens is 3. The highest BCUT2D eigenvalue weighted by molar-refractivity contribution is 5.78. The van der Waals surface area contributed by atoms with Gasteiger partial charge in [-0.1, -0.05) is 31.2 Å². The molecule has 0 unspecified atom stereocenters. The van der Waals surface area contributed by atoms with Gasteiger partial charge in [0.2, 0.25) is 5.91 Å². The maximum atomic E-state index is 11.8. The minimum atomic E-state index is -4.36. The van der Waals surface area contributed by atoms with Crippen LogP contribution in [0.1, 0.15) is 18.1 Å². The summed E-state index contributed by atoms with van der Waals surface area (Å²) >= 11 is 0. The lowest BCUT2D eigenvalue weighted by atomic mass is 10.1. The molecule has 1 aromatic rings. The first-order valence-corrected chi connectivity index (χ1v) is 5.32. The maximum absolute atomic E-state index is 11.8. The fourth-order valence-corrected chi connectivity index (χ4v) is 1.34. The lowest BCUT2D eigenvalue weighted by Gasteiger charge is -2.08. The van der Waals surface area contributed by atoms with Gasteiger partial charge < -0.3 is 5.32 Å². The van der Waals surface area contributed by atoms with Gasteiger partial charge in [0.15, 0.2) is 0 Å². The van der Waals surface area contributed by atoms with Gasteiger partial charge in [0.05, 0.1) is 6.42 Å². The van der Waals surface area contributed by atoms with Crippen LogP contribution >= 0.6 is 0 Å². The molecular formula is C12H14F3NO. The summed E-state index contributed by atoms with van der Waals surface area (Å²) in [5, 5.41) is 1.84. The number of alkyl halides is 3. The van der Waals surface area contributed by atoms with E-state index in [1.165, 1.54) is 0 Å². The van der Waals surface area contributed by atoms with Gasteiger partial charge >= 0.3 is 6.18 Å². The molecule has 0 radical (unpaired) electrons. The van der Waals surface area contributed by atoms with Gasteiger partial charge in [-0.2, -0.15) is 13.2 Å². The molecule has 0 aliphatic carbocycles. The van der Waals surface area contributed by atoms with Gasteiger partial charge in [0.1, 0.15) is 6.54 Å². The van der Waals surface area contributed by atoms with Crippen LogP contribution < -0.4 is 5.32 Å². The van der Waals surface area contributed by atoms with Crippen molar-refractivity contribution in [2.24, 2.45) is 0 Å². The van der Waals surface area contributed by atoms with Crippen LogP contribution in [-0.4, -0.2) is 18.6 Å². The van der Waals surface area contributed by atoms with E-state index >= 15 is 0 Å². The number of aryl methyl sites for hydroxylation is 1. The Morgan fingerprint density at radius 2 is 1.71 bits per heavy atom. The van der Waals surface area contributed by atoms with Crippen LogP contribution in [0.25, 0.3) is 0 Å². The standard InChI is InChI=1S/C12H14F3NO/c1-2-9-3-5-10(6-4-9)7-11(17)16-8-12(13,14)15/h3-6H,2,7-8H2,1H3,(H,16,17). The second-order valence-corrected chi connectivity index (χ2v) is 3.74. The molecule has 0 heterocycles. The number of amides is 1. The van der Waals surface area contributed by atoms with E-state index < -0.39 is 18.6 Å². The molecule has 0 aliphatic rings. The molecule has 94 valence electrons. The molecular weight excluding hydrogens is 231 g/mol. The number of nitrogens with one attached hydrogen (secondary N) is 1. The Labute approximate surface area is 97.8 Å². The quantitative estimate of drug-likeness (QED) is 0.867. The highest BCUT2D eigenvalue weighted by Gasteiger charge is 2.27. The summed E-state index contributed by atoms with van der Waals surface area (Å²) in [5.74, 6) is -0.619. The van der Waals surface area contributed by atoms with Crippen LogP contribution in [0.15, 0.2) is 24.3 Å². The van der Waals surface area contributed by atoms with Crippen molar-refractivity contribution in [1.29, 1.82) is 0 Å². The first-order valence-electron chi connectivity index (χ1n) is 5.32. The lowest BCUT2D eigenvalue weighted by molar-refractivity contribution is -0.138. The largest absolute Gasteiger partial charge is 0.405 e. The van der Waals surface area contributed by atoms with Crippen molar-refractivity contribution in [3.05, 3.63) is 35.4 Å². The monoisotopic (exact) mass is 245 g/mol. The van der Waals surface area contributed by atoms with Crippen molar-refractivity contribution in [3.8, 4) is 0 Å². The van der Waals surface area contributed by atoms with Crippen molar-refractivity contribution >= 4 is 5.91 Å². The molecule has 1 N–H and O–H groups in total. The summed E-state index contributed by atoms with van der Waals surface area (Å²) in [5.41, 5.74) is 1.84. The molecule has 0 spiro atoms. The fourth-order valence-electron chi connectivity index (χ4n) is 1.34. The number of hydrogen-bond acceptors (Lipinski definition) is 1. The van der Waals surface area contributed by atoms with Gasteiger partial charge in [-0.05, 0) is 17.5 Å². The molecule has 0 saturated carbocycles. The Morgan fingerprint density at radius 3 is 2.18 bits per heavy atom. The van der Waals surface area contributed by atoms with E-state index in [2.05, 4.69) is 0 Å². The molecule has 1 aromatic carbocycles. The SMILES string of the molecule is CCc1ccc(CC(=O)NCC(F)(F)F)cc1. The zero-order chi connectivity index (χ0) is 12.9. The van der Waals surface area contributed by atoms with Gasteiger partial charge in [-0.25, -0.2) is 0 Å². The Morgan fingerprint density at radius 1 is 1.18 bits per heavy atom. The van der Waals surface area contributed by atoms with Crippen molar-refractivity contribution in [2.45, 2.75) is 25.9 Å². The van der Waals surface area contributed by atoms with Crippen LogP contribution in [0, 0.1) is 0 Å². The first kappa shape index (κ1) is 13.5. The fraction of sp³-hybridized carbons (Fsp3) is 0.417. The van der Waals surface area contributed by atoms with Crippen LogP contribution in [0.3, 0.4) is 0 Å². The zero-order valence-corrected chi connectivity index (χ0v) is 9.47. The number of rotatable bonds is 4. The minimum Gasteiger partial charge on any atom is -0.347 e. The number of hydrogen-bond donors (Lipinski definition) is 1. The van der Waals surface area contributed by atoms with Crippen LogP contribution in [0.5, 0.6) is 0 Å². The van der Waals surface area contributed by atoms with Crippen molar-refractivity contribution in [3.63, 3.8) is 0 Å². The summed E-state index contributed by atoms with van der Waals surface area (Å²) in [6, 6.07) is 7.25. The molecule has 1 amide bonds. The van der Waals surface area contributed by atoms with E-state index in [0.29, 0.717) is 5.56 Å². The predicted molar refractivity (Wildman–Crippen MR) is 58.6 cm³/mol. The lowest BCUT2D eigenvalue weighted by Crippen LogP contribution is -2.34. The van der Waals surface area contributed by atoms with Crippen molar-refractivity contribution < 1.29 is 18.0 Å². The third kappa shape index (κ3) is 5.38. The van der Waals surface area contributed by atoms with Gasteiger partial charge in [0, 0.05) is 0 Å². The van der Waals surface area contributed by atoms with E-state index in [4.69, 9.17) is 0 Å². The second-order valence-electron chi connectivity index (χ2n) is 3.74. The van der Waals surface area contributed by atoms with Crippen LogP contribution in [0.4, 0.5) is 13.2 Å². The summed E-state index contributed by atoms with van der Waals surface area (Å²) in [6.07, 6.45) is -3.50.